The lowest BCUT2D eigenvalue weighted by molar-refractivity contribution is 0.132. The molecule has 0 spiro atoms. The Bertz CT molecular complexity index is 82.9. The summed E-state index contributed by atoms with van der Waals surface area (Å²) in [6, 6.07) is 0. The largest absolute Gasteiger partial charge is 0.329 e. The lowest BCUT2D eigenvalue weighted by Gasteiger charge is -2.21. The van der Waals surface area contributed by atoms with Crippen LogP contribution in [0.5, 0.6) is 0 Å². The first kappa shape index (κ1) is 8.37. The lowest BCUT2D eigenvalue weighted by atomic mass is 10.5. The van der Waals surface area contributed by atoms with Crippen LogP contribution in [-0.2, 0) is 9.05 Å². The number of likely N-dealkylation sites (N-methyl/N-ethyl adjacent to an activating group) is 1. The third kappa shape index (κ3) is 2.90. The van der Waals surface area contributed by atoms with Crippen LogP contribution in [0.3, 0.4) is 0 Å². The van der Waals surface area contributed by atoms with Gasteiger partial charge in [-0.3, -0.25) is 0 Å². The second-order valence-electron chi connectivity index (χ2n) is 2.21. The van der Waals surface area contributed by atoms with Crippen molar-refractivity contribution in [3.63, 3.8) is 0 Å². The monoisotopic (exact) mass is 165 g/mol. The summed E-state index contributed by atoms with van der Waals surface area (Å²) in [5.74, 6) is 0. The average molecular weight is 165 g/mol. The van der Waals surface area contributed by atoms with Crippen LogP contribution in [0.25, 0.3) is 0 Å². The van der Waals surface area contributed by atoms with E-state index in [-0.39, 0.29) is 0 Å². The van der Waals surface area contributed by atoms with E-state index in [1.54, 1.807) is 0 Å². The minimum Gasteiger partial charge on any atom is -0.328 e. The quantitative estimate of drug-likeness (QED) is 0.520. The van der Waals surface area contributed by atoms with Crippen molar-refractivity contribution in [1.29, 1.82) is 0 Å². The van der Waals surface area contributed by atoms with Crippen LogP contribution in [0.2, 0.25) is 0 Å². The van der Waals surface area contributed by atoms with E-state index in [4.69, 9.17) is 13.9 Å². The summed E-state index contributed by atoms with van der Waals surface area (Å²) < 4.78 is 9.82. The Morgan fingerprint density at radius 1 is 1.30 bits per heavy atom. The number of rotatable bonds is 0. The number of hydrogen-bond acceptors (Lipinski definition) is 4. The van der Waals surface area contributed by atoms with Gasteiger partial charge < -0.3 is 18.8 Å². The Hall–Kier alpha value is 0.270. The third-order valence-electron chi connectivity index (χ3n) is 1.35. The first-order valence-corrected chi connectivity index (χ1v) is 4.35. The van der Waals surface area contributed by atoms with E-state index in [2.05, 4.69) is 4.90 Å². The van der Waals surface area contributed by atoms with Gasteiger partial charge in [-0.25, -0.2) is 0 Å². The van der Waals surface area contributed by atoms with Gasteiger partial charge >= 0.3 is 8.60 Å². The molecular formula is C5H12NO3P. The minimum atomic E-state index is -1.58. The molecule has 1 fully saturated rings. The molecule has 1 N–H and O–H groups in total. The Morgan fingerprint density at radius 3 is 2.30 bits per heavy atom. The molecule has 0 unspecified atom stereocenters. The maximum Gasteiger partial charge on any atom is 0.329 e. The molecule has 0 aromatic rings. The molecule has 1 aliphatic heterocycles. The zero-order chi connectivity index (χ0) is 7.40. The van der Waals surface area contributed by atoms with Gasteiger partial charge in [0.15, 0.2) is 0 Å². The standard InChI is InChI=1S/C5H12NO3P/c1-6-2-4-8-10(7)9-5-3-6/h7H,2-5H2,1H3. The first-order chi connectivity index (χ1) is 4.79. The summed E-state index contributed by atoms with van der Waals surface area (Å²) in [5, 5.41) is 0. The van der Waals surface area contributed by atoms with Crippen LogP contribution >= 0.6 is 8.60 Å². The topological polar surface area (TPSA) is 41.9 Å². The molecule has 0 saturated carbocycles. The van der Waals surface area contributed by atoms with Crippen molar-refractivity contribution < 1.29 is 13.9 Å². The minimum absolute atomic E-state index is 0.554. The highest BCUT2D eigenvalue weighted by Crippen LogP contribution is 2.32. The molecule has 0 atom stereocenters. The molecule has 0 amide bonds. The summed E-state index contributed by atoms with van der Waals surface area (Å²) in [6.45, 7) is 2.84. The zero-order valence-electron chi connectivity index (χ0n) is 5.99. The second-order valence-corrected chi connectivity index (χ2v) is 3.20. The van der Waals surface area contributed by atoms with Gasteiger partial charge in [-0.2, -0.15) is 0 Å². The van der Waals surface area contributed by atoms with E-state index in [1.807, 2.05) is 7.05 Å². The second kappa shape index (κ2) is 4.21. The molecule has 0 aliphatic carbocycles. The van der Waals surface area contributed by atoms with Crippen LogP contribution in [0.4, 0.5) is 0 Å². The van der Waals surface area contributed by atoms with E-state index >= 15 is 0 Å². The molecule has 1 heterocycles. The van der Waals surface area contributed by atoms with Crippen molar-refractivity contribution in [2.45, 2.75) is 0 Å². The molecule has 0 aromatic heterocycles. The Morgan fingerprint density at radius 2 is 1.80 bits per heavy atom. The summed E-state index contributed by atoms with van der Waals surface area (Å²) in [6.07, 6.45) is 0. The molecule has 10 heavy (non-hydrogen) atoms. The fourth-order valence-corrected chi connectivity index (χ4v) is 1.25. The summed E-state index contributed by atoms with van der Waals surface area (Å²) in [5.41, 5.74) is 0. The van der Waals surface area contributed by atoms with Gasteiger partial charge in [0.2, 0.25) is 0 Å². The fourth-order valence-electron chi connectivity index (χ4n) is 0.699. The highest BCUT2D eigenvalue weighted by Gasteiger charge is 2.10. The van der Waals surface area contributed by atoms with Crippen molar-refractivity contribution in [3.8, 4) is 0 Å². The Labute approximate surface area is 61.7 Å². The van der Waals surface area contributed by atoms with Gasteiger partial charge in [0.05, 0.1) is 13.2 Å². The SMILES string of the molecule is CN1CCOP(O)OCC1. The molecule has 0 bridgehead atoms. The smallest absolute Gasteiger partial charge is 0.328 e. The van der Waals surface area contributed by atoms with Crippen LogP contribution in [0, 0.1) is 0 Å². The molecule has 1 rings (SSSR count). The normalized spacial score (nSPS) is 25.8. The lowest BCUT2D eigenvalue weighted by Crippen LogP contribution is -2.28. The van der Waals surface area contributed by atoms with Crippen molar-refractivity contribution in [2.24, 2.45) is 0 Å². The molecule has 5 heteroatoms. The van der Waals surface area contributed by atoms with E-state index in [0.717, 1.165) is 13.1 Å². The van der Waals surface area contributed by atoms with E-state index < -0.39 is 8.60 Å². The number of hydrogen-bond donors (Lipinski definition) is 1. The van der Waals surface area contributed by atoms with Gasteiger partial charge in [0.25, 0.3) is 0 Å². The van der Waals surface area contributed by atoms with Crippen molar-refractivity contribution in [2.75, 3.05) is 33.4 Å². The molecular weight excluding hydrogens is 153 g/mol. The molecule has 1 saturated heterocycles. The van der Waals surface area contributed by atoms with Crippen LogP contribution in [0.1, 0.15) is 0 Å². The summed E-state index contributed by atoms with van der Waals surface area (Å²) >= 11 is 0. The van der Waals surface area contributed by atoms with Crippen LogP contribution < -0.4 is 0 Å². The van der Waals surface area contributed by atoms with Gasteiger partial charge in [-0.1, -0.05) is 0 Å². The molecule has 60 valence electrons. The molecule has 0 radical (unpaired) electrons. The molecule has 4 nitrogen and oxygen atoms in total. The summed E-state index contributed by atoms with van der Waals surface area (Å²) in [4.78, 5) is 11.0. The first-order valence-electron chi connectivity index (χ1n) is 3.22. The van der Waals surface area contributed by atoms with Crippen molar-refractivity contribution in [3.05, 3.63) is 0 Å². The Balaban J connectivity index is 2.21. The number of nitrogens with zero attached hydrogens (tertiary/aromatic N) is 1. The van der Waals surface area contributed by atoms with Crippen molar-refractivity contribution in [1.82, 2.24) is 4.90 Å². The maximum absolute atomic E-state index is 8.90. The summed E-state index contributed by atoms with van der Waals surface area (Å²) in [7, 11) is 0.417. The van der Waals surface area contributed by atoms with Crippen LogP contribution in [0.15, 0.2) is 0 Å². The zero-order valence-corrected chi connectivity index (χ0v) is 6.88. The van der Waals surface area contributed by atoms with Gasteiger partial charge in [-0.05, 0) is 7.05 Å². The van der Waals surface area contributed by atoms with Crippen LogP contribution in [-0.4, -0.2) is 43.1 Å². The van der Waals surface area contributed by atoms with E-state index in [9.17, 15) is 0 Å². The third-order valence-corrected chi connectivity index (χ3v) is 2.16. The Kier molecular flexibility index (Phi) is 3.52. The van der Waals surface area contributed by atoms with Gasteiger partial charge in [0.1, 0.15) is 0 Å². The van der Waals surface area contributed by atoms with Gasteiger partial charge in [0, 0.05) is 13.1 Å². The fraction of sp³-hybridized carbons (Fsp3) is 1.00. The predicted octanol–water partition coefficient (Wildman–Crippen LogP) is 0.184. The highest BCUT2D eigenvalue weighted by molar-refractivity contribution is 7.40. The average Bonchev–Trinajstić information content (AvgIpc) is 1.84. The van der Waals surface area contributed by atoms with Gasteiger partial charge in [-0.15, -0.1) is 0 Å². The predicted molar refractivity (Wildman–Crippen MR) is 38.5 cm³/mol. The molecule has 0 aromatic carbocycles. The van der Waals surface area contributed by atoms with E-state index in [0.29, 0.717) is 13.2 Å². The highest BCUT2D eigenvalue weighted by atomic mass is 31.2. The van der Waals surface area contributed by atoms with Crippen molar-refractivity contribution >= 4 is 8.60 Å². The maximum atomic E-state index is 8.90. The molecule has 1 aliphatic rings. The van der Waals surface area contributed by atoms with E-state index in [1.165, 1.54) is 0 Å².